The second-order valence-electron chi connectivity index (χ2n) is 4.62. The first-order chi connectivity index (χ1) is 6.35. The van der Waals surface area contributed by atoms with Gasteiger partial charge in [-0.05, 0) is 25.2 Å². The molecule has 2 rings (SSSR count). The molecule has 1 unspecified atom stereocenters. The third-order valence-corrected chi connectivity index (χ3v) is 4.59. The maximum atomic E-state index is 5.90. The van der Waals surface area contributed by atoms with Gasteiger partial charge in [0.15, 0.2) is 0 Å². The lowest BCUT2D eigenvalue weighted by atomic mass is 9.89. The topological polar surface area (TPSA) is 9.23 Å². The average Bonchev–Trinajstić information content (AvgIpc) is 2.77. The molecule has 1 aliphatic carbocycles. The number of alkyl halides is 1. The number of halogens is 1. The molecule has 13 heavy (non-hydrogen) atoms. The standard InChI is InChI=1S/C11H19BrO/c12-9-11(6-3-7-13-11)8-10-4-1-2-5-10/h10H,1-9H2. The number of hydrogen-bond acceptors (Lipinski definition) is 1. The molecule has 0 bridgehead atoms. The van der Waals surface area contributed by atoms with E-state index in [-0.39, 0.29) is 5.60 Å². The van der Waals surface area contributed by atoms with Gasteiger partial charge in [0, 0.05) is 11.9 Å². The number of ether oxygens (including phenoxy) is 1. The average molecular weight is 247 g/mol. The maximum Gasteiger partial charge on any atom is 0.0782 e. The van der Waals surface area contributed by atoms with Crippen molar-refractivity contribution in [3.8, 4) is 0 Å². The van der Waals surface area contributed by atoms with Crippen LogP contribution >= 0.6 is 15.9 Å². The van der Waals surface area contributed by atoms with E-state index < -0.39 is 0 Å². The Morgan fingerprint density at radius 1 is 1.23 bits per heavy atom. The van der Waals surface area contributed by atoms with Gasteiger partial charge in [0.2, 0.25) is 0 Å². The Hall–Kier alpha value is 0.440. The molecular weight excluding hydrogens is 228 g/mol. The van der Waals surface area contributed by atoms with Crippen LogP contribution in [0.1, 0.15) is 44.9 Å². The van der Waals surface area contributed by atoms with Crippen LogP contribution < -0.4 is 0 Å². The van der Waals surface area contributed by atoms with Gasteiger partial charge in [0.05, 0.1) is 5.60 Å². The minimum Gasteiger partial charge on any atom is -0.374 e. The Morgan fingerprint density at radius 3 is 2.54 bits per heavy atom. The summed E-state index contributed by atoms with van der Waals surface area (Å²) in [7, 11) is 0. The highest BCUT2D eigenvalue weighted by atomic mass is 79.9. The smallest absolute Gasteiger partial charge is 0.0782 e. The molecule has 0 radical (unpaired) electrons. The van der Waals surface area contributed by atoms with E-state index in [9.17, 15) is 0 Å². The maximum absolute atomic E-state index is 5.90. The summed E-state index contributed by atoms with van der Waals surface area (Å²) in [5, 5.41) is 1.04. The van der Waals surface area contributed by atoms with E-state index in [1.165, 1.54) is 44.9 Å². The fourth-order valence-corrected chi connectivity index (χ4v) is 3.49. The van der Waals surface area contributed by atoms with Crippen molar-refractivity contribution >= 4 is 15.9 Å². The van der Waals surface area contributed by atoms with Crippen LogP contribution in [0.15, 0.2) is 0 Å². The van der Waals surface area contributed by atoms with Crippen molar-refractivity contribution in [2.24, 2.45) is 5.92 Å². The highest BCUT2D eigenvalue weighted by Gasteiger charge is 2.36. The lowest BCUT2D eigenvalue weighted by Gasteiger charge is -2.29. The fourth-order valence-electron chi connectivity index (χ4n) is 2.82. The molecule has 0 aromatic carbocycles. The summed E-state index contributed by atoms with van der Waals surface area (Å²) in [4.78, 5) is 0. The van der Waals surface area contributed by atoms with E-state index in [1.807, 2.05) is 0 Å². The van der Waals surface area contributed by atoms with Crippen molar-refractivity contribution in [1.82, 2.24) is 0 Å². The molecule has 1 saturated heterocycles. The van der Waals surface area contributed by atoms with Crippen LogP contribution in [-0.4, -0.2) is 17.5 Å². The van der Waals surface area contributed by atoms with Crippen LogP contribution in [0, 0.1) is 5.92 Å². The van der Waals surface area contributed by atoms with Gasteiger partial charge in [-0.1, -0.05) is 41.6 Å². The first-order valence-electron chi connectivity index (χ1n) is 5.55. The molecule has 1 heterocycles. The zero-order valence-corrected chi connectivity index (χ0v) is 9.81. The second-order valence-corrected chi connectivity index (χ2v) is 5.18. The highest BCUT2D eigenvalue weighted by molar-refractivity contribution is 9.09. The molecule has 1 atom stereocenters. The Morgan fingerprint density at radius 2 is 2.00 bits per heavy atom. The first-order valence-corrected chi connectivity index (χ1v) is 6.67. The minimum absolute atomic E-state index is 0.217. The molecule has 1 saturated carbocycles. The van der Waals surface area contributed by atoms with E-state index in [2.05, 4.69) is 15.9 Å². The van der Waals surface area contributed by atoms with Crippen molar-refractivity contribution < 1.29 is 4.74 Å². The molecule has 1 nitrogen and oxygen atoms in total. The molecule has 1 aliphatic heterocycles. The predicted molar refractivity (Wildman–Crippen MR) is 58.3 cm³/mol. The predicted octanol–water partition coefficient (Wildman–Crippen LogP) is 3.51. The molecule has 2 fully saturated rings. The van der Waals surface area contributed by atoms with Crippen molar-refractivity contribution in [1.29, 1.82) is 0 Å². The largest absolute Gasteiger partial charge is 0.374 e. The first kappa shape index (κ1) is 9.97. The third kappa shape index (κ3) is 2.27. The Labute approximate surface area is 89.4 Å². The quantitative estimate of drug-likeness (QED) is 0.693. The van der Waals surface area contributed by atoms with E-state index in [4.69, 9.17) is 4.74 Å². The molecule has 76 valence electrons. The van der Waals surface area contributed by atoms with E-state index in [1.54, 1.807) is 0 Å². The molecule has 0 N–H and O–H groups in total. The van der Waals surface area contributed by atoms with Gasteiger partial charge >= 0.3 is 0 Å². The van der Waals surface area contributed by atoms with Crippen molar-refractivity contribution in [3.63, 3.8) is 0 Å². The molecule has 0 amide bonds. The Balaban J connectivity index is 1.88. The van der Waals surface area contributed by atoms with Crippen LogP contribution in [-0.2, 0) is 4.74 Å². The van der Waals surface area contributed by atoms with Gasteiger partial charge in [-0.15, -0.1) is 0 Å². The molecule has 0 aromatic heterocycles. The van der Waals surface area contributed by atoms with Crippen LogP contribution in [0.2, 0.25) is 0 Å². The summed E-state index contributed by atoms with van der Waals surface area (Å²) >= 11 is 3.62. The van der Waals surface area contributed by atoms with E-state index in [0.717, 1.165) is 17.9 Å². The molecular formula is C11H19BrO. The fraction of sp³-hybridized carbons (Fsp3) is 1.00. The Bertz CT molecular complexity index is 157. The second kappa shape index (κ2) is 4.31. The molecule has 2 heteroatoms. The third-order valence-electron chi connectivity index (χ3n) is 3.56. The van der Waals surface area contributed by atoms with Gasteiger partial charge in [-0.25, -0.2) is 0 Å². The van der Waals surface area contributed by atoms with Gasteiger partial charge in [0.25, 0.3) is 0 Å². The summed E-state index contributed by atoms with van der Waals surface area (Å²) < 4.78 is 5.90. The molecule has 0 spiro atoms. The summed E-state index contributed by atoms with van der Waals surface area (Å²) in [6, 6.07) is 0. The van der Waals surface area contributed by atoms with Crippen molar-refractivity contribution in [2.45, 2.75) is 50.5 Å². The normalized spacial score (nSPS) is 35.8. The summed E-state index contributed by atoms with van der Waals surface area (Å²) in [5.41, 5.74) is 0.217. The number of rotatable bonds is 3. The summed E-state index contributed by atoms with van der Waals surface area (Å²) in [6.07, 6.45) is 9.62. The van der Waals surface area contributed by atoms with Gasteiger partial charge in [-0.2, -0.15) is 0 Å². The van der Waals surface area contributed by atoms with Crippen molar-refractivity contribution in [3.05, 3.63) is 0 Å². The summed E-state index contributed by atoms with van der Waals surface area (Å²) in [6.45, 7) is 0.984. The van der Waals surface area contributed by atoms with Crippen LogP contribution in [0.25, 0.3) is 0 Å². The zero-order valence-electron chi connectivity index (χ0n) is 8.23. The van der Waals surface area contributed by atoms with Crippen molar-refractivity contribution in [2.75, 3.05) is 11.9 Å². The zero-order chi connectivity index (χ0) is 9.15. The Kier molecular flexibility index (Phi) is 3.31. The summed E-state index contributed by atoms with van der Waals surface area (Å²) in [5.74, 6) is 0.954. The molecule has 2 aliphatic rings. The lowest BCUT2D eigenvalue weighted by Crippen LogP contribution is -2.32. The van der Waals surface area contributed by atoms with Crippen LogP contribution in [0.3, 0.4) is 0 Å². The molecule has 0 aromatic rings. The highest BCUT2D eigenvalue weighted by Crippen LogP contribution is 2.39. The minimum atomic E-state index is 0.217. The number of hydrogen-bond donors (Lipinski definition) is 0. The van der Waals surface area contributed by atoms with Crippen LogP contribution in [0.4, 0.5) is 0 Å². The van der Waals surface area contributed by atoms with Crippen LogP contribution in [0.5, 0.6) is 0 Å². The van der Waals surface area contributed by atoms with E-state index >= 15 is 0 Å². The lowest BCUT2D eigenvalue weighted by molar-refractivity contribution is 0.00601. The van der Waals surface area contributed by atoms with E-state index in [0.29, 0.717) is 0 Å². The van der Waals surface area contributed by atoms with Gasteiger partial charge < -0.3 is 4.74 Å². The monoisotopic (exact) mass is 246 g/mol. The SMILES string of the molecule is BrCC1(CC2CCCC2)CCCO1. The van der Waals surface area contributed by atoms with Gasteiger partial charge in [0.1, 0.15) is 0 Å². The van der Waals surface area contributed by atoms with Gasteiger partial charge in [-0.3, -0.25) is 0 Å².